The smallest absolute Gasteiger partial charge is 0.330 e. The number of esters is 1. The van der Waals surface area contributed by atoms with Gasteiger partial charge in [0, 0.05) is 49.5 Å². The molecule has 0 amide bonds. The molecule has 3 aromatic rings. The van der Waals surface area contributed by atoms with Crippen LogP contribution >= 0.6 is 11.3 Å². The Kier molecular flexibility index (Phi) is 6.30. The van der Waals surface area contributed by atoms with Crippen LogP contribution in [-0.4, -0.2) is 47.4 Å². The molecule has 1 aromatic heterocycles. The second-order valence-electron chi connectivity index (χ2n) is 8.78. The molecule has 34 heavy (non-hydrogen) atoms. The Hall–Kier alpha value is -3.29. The Labute approximate surface area is 202 Å². The number of likely N-dealkylation sites (tertiary alicyclic amines) is 1. The van der Waals surface area contributed by atoms with Crippen molar-refractivity contribution in [3.8, 4) is 16.3 Å². The molecule has 0 bridgehead atoms. The topological polar surface area (TPSA) is 68.7 Å². The van der Waals surface area contributed by atoms with Crippen molar-refractivity contribution in [2.24, 2.45) is 0 Å². The lowest BCUT2D eigenvalue weighted by molar-refractivity contribution is -0.134. The number of carbonyl (C=O) groups is 2. The predicted octanol–water partition coefficient (Wildman–Crippen LogP) is 5.00. The van der Waals surface area contributed by atoms with Crippen LogP contribution in [0, 0.1) is 0 Å². The maximum Gasteiger partial charge on any atom is 0.330 e. The summed E-state index contributed by atoms with van der Waals surface area (Å²) in [7, 11) is 1.33. The van der Waals surface area contributed by atoms with E-state index in [4.69, 9.17) is 9.72 Å². The van der Waals surface area contributed by atoms with Gasteiger partial charge in [-0.15, -0.1) is 11.3 Å². The van der Waals surface area contributed by atoms with Gasteiger partial charge in [0.05, 0.1) is 24.8 Å². The van der Waals surface area contributed by atoms with E-state index in [1.54, 1.807) is 23.5 Å². The van der Waals surface area contributed by atoms with Crippen LogP contribution in [0.2, 0.25) is 0 Å². The molecule has 2 aromatic carbocycles. The summed E-state index contributed by atoms with van der Waals surface area (Å²) in [5, 5.41) is 3.18. The highest BCUT2D eigenvalue weighted by molar-refractivity contribution is 7.13. The number of ether oxygens (including phenoxy) is 2. The molecule has 0 atom stereocenters. The van der Waals surface area contributed by atoms with Gasteiger partial charge >= 0.3 is 5.97 Å². The van der Waals surface area contributed by atoms with Crippen molar-refractivity contribution in [1.82, 2.24) is 9.88 Å². The second-order valence-corrected chi connectivity index (χ2v) is 9.64. The minimum atomic E-state index is -0.443. The fourth-order valence-electron chi connectivity index (χ4n) is 4.57. The minimum absolute atomic E-state index is 0.0926. The average molecular weight is 475 g/mol. The summed E-state index contributed by atoms with van der Waals surface area (Å²) >= 11 is 1.68. The van der Waals surface area contributed by atoms with E-state index < -0.39 is 11.6 Å². The van der Waals surface area contributed by atoms with E-state index in [-0.39, 0.29) is 5.78 Å². The highest BCUT2D eigenvalue weighted by Gasteiger charge is 2.43. The largest absolute Gasteiger partial charge is 0.486 e. The van der Waals surface area contributed by atoms with E-state index in [9.17, 15) is 9.59 Å². The molecule has 6 nitrogen and oxygen atoms in total. The van der Waals surface area contributed by atoms with Crippen molar-refractivity contribution in [3.63, 3.8) is 0 Å². The van der Waals surface area contributed by atoms with Crippen LogP contribution < -0.4 is 4.74 Å². The highest BCUT2D eigenvalue weighted by Crippen LogP contribution is 2.40. The molecule has 0 aliphatic carbocycles. The Balaban J connectivity index is 1.22. The minimum Gasteiger partial charge on any atom is -0.486 e. The van der Waals surface area contributed by atoms with E-state index in [2.05, 4.69) is 27.1 Å². The first-order valence-corrected chi connectivity index (χ1v) is 12.3. The predicted molar refractivity (Wildman–Crippen MR) is 132 cm³/mol. The van der Waals surface area contributed by atoms with Crippen molar-refractivity contribution in [2.45, 2.75) is 31.4 Å². The molecule has 3 heterocycles. The molecule has 0 saturated carbocycles. The second kappa shape index (κ2) is 9.52. The summed E-state index contributed by atoms with van der Waals surface area (Å²) in [6.07, 6.45) is 4.98. The quantitative estimate of drug-likeness (QED) is 0.383. The molecular weight excluding hydrogens is 448 g/mol. The van der Waals surface area contributed by atoms with E-state index >= 15 is 0 Å². The van der Waals surface area contributed by atoms with E-state index in [0.717, 1.165) is 54.3 Å². The molecule has 5 rings (SSSR count). The molecule has 2 aliphatic rings. The van der Waals surface area contributed by atoms with Crippen molar-refractivity contribution in [3.05, 3.63) is 76.8 Å². The third-order valence-corrected chi connectivity index (χ3v) is 7.39. The standard InChI is InChI=1S/C27H26N2O4S/c1-32-25(31)10-8-19-7-9-24-22(15-19)23(30)16-27(33-24)11-13-29(14-12-27)17-21-18-34-26(28-21)20-5-3-2-4-6-20/h2-10,15,18H,11-14,16-17H2,1H3. The van der Waals surface area contributed by atoms with Crippen LogP contribution in [0.4, 0.5) is 0 Å². The van der Waals surface area contributed by atoms with Crippen LogP contribution in [0.25, 0.3) is 16.6 Å². The van der Waals surface area contributed by atoms with E-state index in [1.807, 2.05) is 30.3 Å². The van der Waals surface area contributed by atoms with Gasteiger partial charge in [-0.3, -0.25) is 9.69 Å². The van der Waals surface area contributed by atoms with Gasteiger partial charge in [-0.05, 0) is 23.8 Å². The summed E-state index contributed by atoms with van der Waals surface area (Å²) in [6.45, 7) is 2.53. The third kappa shape index (κ3) is 4.81. The van der Waals surface area contributed by atoms with Gasteiger partial charge in [-0.25, -0.2) is 9.78 Å². The number of nitrogens with zero attached hydrogens (tertiary/aromatic N) is 2. The Morgan fingerprint density at radius 3 is 2.76 bits per heavy atom. The Morgan fingerprint density at radius 1 is 1.21 bits per heavy atom. The number of aromatic nitrogens is 1. The maximum absolute atomic E-state index is 13.0. The maximum atomic E-state index is 13.0. The van der Waals surface area contributed by atoms with Gasteiger partial charge in [0.15, 0.2) is 5.78 Å². The fourth-order valence-corrected chi connectivity index (χ4v) is 5.38. The van der Waals surface area contributed by atoms with E-state index in [0.29, 0.717) is 17.7 Å². The van der Waals surface area contributed by atoms with Crippen LogP contribution in [0.5, 0.6) is 5.75 Å². The van der Waals surface area contributed by atoms with Crippen LogP contribution in [0.3, 0.4) is 0 Å². The van der Waals surface area contributed by atoms with Gasteiger partial charge in [-0.2, -0.15) is 0 Å². The van der Waals surface area contributed by atoms with Crippen molar-refractivity contribution >= 4 is 29.2 Å². The number of rotatable bonds is 5. The van der Waals surface area contributed by atoms with Crippen molar-refractivity contribution in [1.29, 1.82) is 0 Å². The summed E-state index contributed by atoms with van der Waals surface area (Å²) in [6, 6.07) is 15.7. The molecule has 7 heteroatoms. The molecule has 0 unspecified atom stereocenters. The summed E-state index contributed by atoms with van der Waals surface area (Å²) < 4.78 is 11.0. The number of hydrogen-bond acceptors (Lipinski definition) is 7. The molecule has 1 spiro atoms. The van der Waals surface area contributed by atoms with Crippen LogP contribution in [-0.2, 0) is 16.1 Å². The summed E-state index contributed by atoms with van der Waals surface area (Å²) in [5.74, 6) is 0.293. The van der Waals surface area contributed by atoms with Gasteiger partial charge in [0.1, 0.15) is 16.4 Å². The zero-order chi connectivity index (χ0) is 23.5. The number of thiazole rings is 1. The van der Waals surface area contributed by atoms with Crippen LogP contribution in [0.1, 0.15) is 40.9 Å². The first-order chi connectivity index (χ1) is 16.5. The monoisotopic (exact) mass is 474 g/mol. The lowest BCUT2D eigenvalue weighted by atomic mass is 9.82. The van der Waals surface area contributed by atoms with Crippen LogP contribution in [0.15, 0.2) is 60.0 Å². The number of Topliss-reactive ketones (excluding diaryl/α,β-unsaturated/α-hetero) is 1. The fraction of sp³-hybridized carbons (Fsp3) is 0.296. The Morgan fingerprint density at radius 2 is 2.00 bits per heavy atom. The van der Waals surface area contributed by atoms with Gasteiger partial charge in [0.25, 0.3) is 0 Å². The third-order valence-electron chi connectivity index (χ3n) is 6.45. The lowest BCUT2D eigenvalue weighted by Crippen LogP contribution is -2.50. The highest BCUT2D eigenvalue weighted by atomic mass is 32.1. The van der Waals surface area contributed by atoms with Crippen molar-refractivity contribution < 1.29 is 19.1 Å². The van der Waals surface area contributed by atoms with Crippen molar-refractivity contribution in [2.75, 3.05) is 20.2 Å². The lowest BCUT2D eigenvalue weighted by Gasteiger charge is -2.43. The molecule has 0 N–H and O–H groups in total. The molecule has 1 fully saturated rings. The number of piperidine rings is 1. The van der Waals surface area contributed by atoms with Gasteiger partial charge < -0.3 is 9.47 Å². The number of methoxy groups -OCH3 is 1. The van der Waals surface area contributed by atoms with Gasteiger partial charge in [0.2, 0.25) is 0 Å². The average Bonchev–Trinajstić information content (AvgIpc) is 3.33. The molecule has 0 radical (unpaired) electrons. The number of fused-ring (bicyclic) bond motifs is 1. The zero-order valence-corrected chi connectivity index (χ0v) is 19.8. The first kappa shape index (κ1) is 22.5. The van der Waals surface area contributed by atoms with Gasteiger partial charge in [-0.1, -0.05) is 36.4 Å². The molecule has 174 valence electrons. The number of benzene rings is 2. The molecule has 2 aliphatic heterocycles. The number of hydrogen-bond donors (Lipinski definition) is 0. The SMILES string of the molecule is COC(=O)C=Cc1ccc2c(c1)C(=O)CC1(CCN(Cc3csc(-c4ccccc4)n3)CC1)O2. The summed E-state index contributed by atoms with van der Waals surface area (Å²) in [4.78, 5) is 31.5. The molecular formula is C27H26N2O4S. The first-order valence-electron chi connectivity index (χ1n) is 11.4. The zero-order valence-electron chi connectivity index (χ0n) is 19.0. The van der Waals surface area contributed by atoms with E-state index in [1.165, 1.54) is 13.2 Å². The Bertz CT molecular complexity index is 1230. The molecule has 1 saturated heterocycles. The summed E-state index contributed by atoms with van der Waals surface area (Å²) in [5.41, 5.74) is 3.13. The normalized spacial score (nSPS) is 17.5. The number of ketones is 1. The number of carbonyl (C=O) groups excluding carboxylic acids is 2.